The highest BCUT2D eigenvalue weighted by Gasteiger charge is 2.42. The fourth-order valence-electron chi connectivity index (χ4n) is 6.00. The number of imidazole rings is 1. The Bertz CT molecular complexity index is 1610. The van der Waals surface area contributed by atoms with Crippen LogP contribution in [0.3, 0.4) is 0 Å². The van der Waals surface area contributed by atoms with Crippen LogP contribution in [-0.2, 0) is 14.8 Å². The summed E-state index contributed by atoms with van der Waals surface area (Å²) in [5.74, 6) is 2.01. The lowest BCUT2D eigenvalue weighted by molar-refractivity contribution is -0.0274. The third-order valence-corrected chi connectivity index (χ3v) is 9.22. The second-order valence-corrected chi connectivity index (χ2v) is 13.2. The number of rotatable bonds is 10. The van der Waals surface area contributed by atoms with Crippen molar-refractivity contribution in [2.45, 2.75) is 31.7 Å². The first-order valence-corrected chi connectivity index (χ1v) is 16.7. The van der Waals surface area contributed by atoms with Gasteiger partial charge in [-0.1, -0.05) is 86.6 Å². The van der Waals surface area contributed by atoms with Gasteiger partial charge in [-0.05, 0) is 48.1 Å². The van der Waals surface area contributed by atoms with Gasteiger partial charge in [0.25, 0.3) is 0 Å². The van der Waals surface area contributed by atoms with E-state index in [9.17, 15) is 0 Å². The highest BCUT2D eigenvalue weighted by atomic mass is 31.1. The van der Waals surface area contributed by atoms with Gasteiger partial charge in [-0.2, -0.15) is 0 Å². The Morgan fingerprint density at radius 1 is 0.837 bits per heavy atom. The van der Waals surface area contributed by atoms with Gasteiger partial charge in [-0.15, -0.1) is 0 Å². The van der Waals surface area contributed by atoms with Gasteiger partial charge in [-0.25, -0.2) is 15.0 Å². The van der Waals surface area contributed by atoms with E-state index >= 15 is 0 Å². The minimum Gasteiger partial charge on any atom is -0.497 e. The number of hydrogen-bond acceptors (Lipinski definition) is 7. The average Bonchev–Trinajstić information content (AvgIpc) is 3.60. The number of anilines is 1. The zero-order chi connectivity index (χ0) is 30.0. The average molecular weight is 596 g/mol. The van der Waals surface area contributed by atoms with E-state index in [0.29, 0.717) is 23.9 Å². The molecule has 1 N–H and O–H groups in total. The van der Waals surface area contributed by atoms with E-state index in [-0.39, 0.29) is 18.2 Å². The SMILES string of the molecule is COc1ccc(C(Nc2ncnc3c2ncn3[C@@H]2O[C@H](COP(C)C)C(C)C2C)(c2ccccc2)c2ccccc2)cc1. The summed E-state index contributed by atoms with van der Waals surface area (Å²) < 4.78 is 20.1. The molecule has 3 aromatic carbocycles. The van der Waals surface area contributed by atoms with Gasteiger partial charge >= 0.3 is 0 Å². The van der Waals surface area contributed by atoms with Crippen LogP contribution < -0.4 is 10.1 Å². The largest absolute Gasteiger partial charge is 0.497 e. The van der Waals surface area contributed by atoms with Crippen LogP contribution in [0.25, 0.3) is 11.2 Å². The Labute approximate surface area is 254 Å². The van der Waals surface area contributed by atoms with Gasteiger partial charge in [0.1, 0.15) is 23.8 Å². The molecular weight excluding hydrogens is 557 g/mol. The number of aromatic nitrogens is 4. The first-order valence-electron chi connectivity index (χ1n) is 14.6. The van der Waals surface area contributed by atoms with Crippen molar-refractivity contribution in [3.05, 3.63) is 114 Å². The van der Waals surface area contributed by atoms with Crippen molar-refractivity contribution in [1.82, 2.24) is 19.5 Å². The molecule has 0 radical (unpaired) electrons. The van der Waals surface area contributed by atoms with Crippen LogP contribution >= 0.6 is 8.15 Å². The monoisotopic (exact) mass is 595 g/mol. The van der Waals surface area contributed by atoms with Gasteiger partial charge < -0.3 is 19.3 Å². The topological polar surface area (TPSA) is 83.3 Å². The van der Waals surface area contributed by atoms with E-state index in [2.05, 4.69) is 93.2 Å². The minimum absolute atomic E-state index is 0.0145. The molecule has 222 valence electrons. The summed E-state index contributed by atoms with van der Waals surface area (Å²) in [6.07, 6.45) is 3.24. The summed E-state index contributed by atoms with van der Waals surface area (Å²) in [5.41, 5.74) is 3.78. The number of ether oxygens (including phenoxy) is 2. The molecule has 43 heavy (non-hydrogen) atoms. The Balaban J connectivity index is 1.46. The number of fused-ring (bicyclic) bond motifs is 1. The minimum atomic E-state index is -0.785. The zero-order valence-electron chi connectivity index (χ0n) is 25.2. The van der Waals surface area contributed by atoms with Crippen LogP contribution in [0.15, 0.2) is 97.6 Å². The molecule has 1 saturated heterocycles. The van der Waals surface area contributed by atoms with Crippen molar-refractivity contribution in [2.24, 2.45) is 11.8 Å². The molecule has 2 aromatic heterocycles. The second kappa shape index (κ2) is 12.4. The molecule has 1 aliphatic heterocycles. The first kappa shape index (κ1) is 29.2. The smallest absolute Gasteiger partial charge is 0.167 e. The fourth-order valence-corrected chi connectivity index (χ4v) is 6.44. The fraction of sp³-hybridized carbons (Fsp3) is 0.324. The number of nitrogens with zero attached hydrogens (tertiary/aromatic N) is 4. The molecular formula is C34H38N5O3P. The zero-order valence-corrected chi connectivity index (χ0v) is 26.1. The molecule has 2 unspecified atom stereocenters. The number of benzene rings is 3. The maximum absolute atomic E-state index is 6.58. The molecule has 9 heteroatoms. The van der Waals surface area contributed by atoms with Gasteiger partial charge in [0, 0.05) is 14.1 Å². The van der Waals surface area contributed by atoms with Gasteiger partial charge in [-0.3, -0.25) is 4.57 Å². The summed E-state index contributed by atoms with van der Waals surface area (Å²) in [4.78, 5) is 14.3. The summed E-state index contributed by atoms with van der Waals surface area (Å²) in [7, 11) is 1.23. The van der Waals surface area contributed by atoms with E-state index in [1.165, 1.54) is 0 Å². The maximum Gasteiger partial charge on any atom is 0.167 e. The lowest BCUT2D eigenvalue weighted by Crippen LogP contribution is -2.38. The van der Waals surface area contributed by atoms with Crippen LogP contribution in [0.2, 0.25) is 0 Å². The molecule has 6 rings (SSSR count). The molecule has 0 amide bonds. The van der Waals surface area contributed by atoms with E-state index in [1.807, 2.05) is 35.2 Å². The molecule has 0 saturated carbocycles. The van der Waals surface area contributed by atoms with E-state index < -0.39 is 13.7 Å². The Kier molecular flexibility index (Phi) is 8.44. The van der Waals surface area contributed by atoms with Crippen molar-refractivity contribution in [3.8, 4) is 5.75 Å². The van der Waals surface area contributed by atoms with Crippen LogP contribution in [0.4, 0.5) is 5.82 Å². The van der Waals surface area contributed by atoms with Crippen molar-refractivity contribution in [1.29, 1.82) is 0 Å². The third-order valence-electron chi connectivity index (χ3n) is 8.55. The molecule has 0 spiro atoms. The van der Waals surface area contributed by atoms with Crippen LogP contribution in [0.1, 0.15) is 36.8 Å². The third kappa shape index (κ3) is 5.51. The Morgan fingerprint density at radius 3 is 2.07 bits per heavy atom. The lowest BCUT2D eigenvalue weighted by atomic mass is 9.77. The molecule has 5 aromatic rings. The van der Waals surface area contributed by atoms with Crippen LogP contribution in [0, 0.1) is 11.8 Å². The quantitative estimate of drug-likeness (QED) is 0.136. The molecule has 1 aliphatic rings. The summed E-state index contributed by atoms with van der Waals surface area (Å²) in [5, 5.41) is 3.86. The highest BCUT2D eigenvalue weighted by molar-refractivity contribution is 7.50. The first-order chi connectivity index (χ1) is 20.9. The second-order valence-electron chi connectivity index (χ2n) is 11.3. The Morgan fingerprint density at radius 2 is 1.47 bits per heavy atom. The normalized spacial score (nSPS) is 20.5. The van der Waals surface area contributed by atoms with Crippen LogP contribution in [0.5, 0.6) is 5.75 Å². The standard InChI is InChI=1S/C34H38N5O3P/c1-23-24(2)33(42-29(23)20-41-43(4)5)39-22-37-30-31(35-21-36-32(30)39)38-34(25-12-8-6-9-13-25,26-14-10-7-11-15-26)27-16-18-28(40-3)19-17-27/h6-19,21-24,29,33H,20H2,1-5H3,(H,35,36,38)/t23?,24?,29-,33-/m1/s1. The predicted molar refractivity (Wildman–Crippen MR) is 172 cm³/mol. The molecule has 0 bridgehead atoms. The van der Waals surface area contributed by atoms with Gasteiger partial charge in [0.05, 0.1) is 26.1 Å². The number of hydrogen-bond donors (Lipinski definition) is 1. The van der Waals surface area contributed by atoms with Gasteiger partial charge in [0.15, 0.2) is 17.0 Å². The molecule has 8 nitrogen and oxygen atoms in total. The maximum atomic E-state index is 6.58. The molecule has 3 heterocycles. The highest BCUT2D eigenvalue weighted by Crippen LogP contribution is 2.43. The number of nitrogens with one attached hydrogen (secondary N) is 1. The van der Waals surface area contributed by atoms with E-state index in [1.54, 1.807) is 13.4 Å². The van der Waals surface area contributed by atoms with Crippen molar-refractivity contribution in [2.75, 3.05) is 32.4 Å². The summed E-state index contributed by atoms with van der Waals surface area (Å²) in [6.45, 7) is 9.27. The lowest BCUT2D eigenvalue weighted by Gasteiger charge is -2.37. The van der Waals surface area contributed by atoms with E-state index in [0.717, 1.165) is 28.1 Å². The van der Waals surface area contributed by atoms with Crippen molar-refractivity contribution in [3.63, 3.8) is 0 Å². The number of methoxy groups -OCH3 is 1. The summed E-state index contributed by atoms with van der Waals surface area (Å²) in [6, 6.07) is 29.0. The predicted octanol–water partition coefficient (Wildman–Crippen LogP) is 7.08. The molecule has 0 aliphatic carbocycles. The summed E-state index contributed by atoms with van der Waals surface area (Å²) >= 11 is 0. The van der Waals surface area contributed by atoms with E-state index in [4.69, 9.17) is 28.9 Å². The van der Waals surface area contributed by atoms with Crippen molar-refractivity contribution >= 4 is 25.1 Å². The van der Waals surface area contributed by atoms with Crippen molar-refractivity contribution < 1.29 is 14.0 Å². The Hall–Kier alpha value is -3.84. The van der Waals surface area contributed by atoms with Gasteiger partial charge in [0.2, 0.25) is 0 Å². The van der Waals surface area contributed by atoms with Crippen LogP contribution in [-0.4, -0.2) is 52.7 Å². The molecule has 4 atom stereocenters. The molecule has 1 fully saturated rings.